The topological polar surface area (TPSA) is 63.2 Å². The summed E-state index contributed by atoms with van der Waals surface area (Å²) < 4.78 is 5.86. The van der Waals surface area contributed by atoms with Crippen LogP contribution in [0, 0.1) is 5.92 Å². The lowest BCUT2D eigenvalue weighted by Crippen LogP contribution is -2.69. The van der Waals surface area contributed by atoms with Crippen LogP contribution in [0.25, 0.3) is 5.57 Å². The van der Waals surface area contributed by atoms with Gasteiger partial charge < -0.3 is 4.74 Å². The molecule has 5 aliphatic rings. The maximum atomic E-state index is 12.6. The quantitative estimate of drug-likeness (QED) is 0.650. The third-order valence-corrected chi connectivity index (χ3v) is 6.09. The Balaban J connectivity index is 1.29. The van der Waals surface area contributed by atoms with Gasteiger partial charge in [-0.05, 0) is 18.9 Å². The van der Waals surface area contributed by atoms with Gasteiger partial charge in [0.1, 0.15) is 29.3 Å². The van der Waals surface area contributed by atoms with Gasteiger partial charge in [-0.2, -0.15) is 0 Å². The Morgan fingerprint density at radius 3 is 2.62 bits per heavy atom. The minimum Gasteiger partial charge on any atom is -0.458 e. The highest BCUT2D eigenvalue weighted by Gasteiger charge is 2.49. The van der Waals surface area contributed by atoms with E-state index in [1.54, 1.807) is 0 Å². The van der Waals surface area contributed by atoms with Gasteiger partial charge in [-0.15, -0.1) is 0 Å². The molecule has 4 fully saturated rings. The molecule has 0 spiro atoms. The van der Waals surface area contributed by atoms with Gasteiger partial charge in [-0.3, -0.25) is 15.0 Å². The maximum absolute atomic E-state index is 12.6. The van der Waals surface area contributed by atoms with E-state index in [1.165, 1.54) is 0 Å². The number of Topliss-reactive ketones (excluding diaryl/α,β-unsaturated/α-hetero) is 1. The first-order valence-electron chi connectivity index (χ1n) is 8.83. The summed E-state index contributed by atoms with van der Waals surface area (Å²) in [6.45, 7) is 0.605. The molecule has 5 heteroatoms. The maximum Gasteiger partial charge on any atom is 0.344 e. The summed E-state index contributed by atoms with van der Waals surface area (Å²) in [4.78, 5) is 26.9. The number of rotatable bonds is 2. The van der Waals surface area contributed by atoms with Gasteiger partial charge in [-0.25, -0.2) is 4.79 Å². The van der Waals surface area contributed by atoms with Gasteiger partial charge in [-0.1, -0.05) is 12.1 Å². The number of benzene rings is 1. The Morgan fingerprint density at radius 2 is 1.88 bits per heavy atom. The van der Waals surface area contributed by atoms with Crippen LogP contribution in [0.15, 0.2) is 30.5 Å². The molecule has 2 N–H and O–H groups in total. The molecule has 0 saturated carbocycles. The Morgan fingerprint density at radius 1 is 1.12 bits per heavy atom. The summed E-state index contributed by atoms with van der Waals surface area (Å²) in [5, 5.41) is 1.97. The number of nitrogens with zero attached hydrogens (tertiary/aromatic N) is 1. The molecular weight excluding hydrogens is 304 g/mol. The molecule has 6 rings (SSSR count). The van der Waals surface area contributed by atoms with Gasteiger partial charge in [0, 0.05) is 36.9 Å². The molecule has 0 aliphatic carbocycles. The molecule has 5 atom stereocenters. The van der Waals surface area contributed by atoms with Crippen molar-refractivity contribution in [3.63, 3.8) is 0 Å². The number of carbonyl (C=O) groups excluding carboxylic acids is 2. The number of nitrogens with two attached hydrogens (primary N) is 1. The average Bonchev–Trinajstić information content (AvgIpc) is 2.99. The Bertz CT molecular complexity index is 741. The first kappa shape index (κ1) is 14.4. The fraction of sp³-hybridized carbons (Fsp3) is 0.474. The molecule has 0 amide bonds. The van der Waals surface area contributed by atoms with Crippen molar-refractivity contribution >= 4 is 23.0 Å². The molecule has 5 heterocycles. The Kier molecular flexibility index (Phi) is 3.15. The number of hydrogen-bond donors (Lipinski definition) is 1. The summed E-state index contributed by atoms with van der Waals surface area (Å²) >= 11 is 0. The lowest BCUT2D eigenvalue weighted by atomic mass is 9.72. The molecule has 5 aliphatic heterocycles. The van der Waals surface area contributed by atoms with Crippen molar-refractivity contribution in [2.75, 3.05) is 6.54 Å². The third-order valence-electron chi connectivity index (χ3n) is 6.09. The van der Waals surface area contributed by atoms with E-state index in [2.05, 4.69) is 4.90 Å². The van der Waals surface area contributed by atoms with Crippen LogP contribution in [0.4, 0.5) is 5.69 Å². The van der Waals surface area contributed by atoms with Crippen LogP contribution in [0.2, 0.25) is 0 Å². The molecular formula is C19H21N2O3+. The van der Waals surface area contributed by atoms with E-state index in [0.29, 0.717) is 30.0 Å². The van der Waals surface area contributed by atoms with Crippen molar-refractivity contribution in [1.29, 1.82) is 0 Å². The van der Waals surface area contributed by atoms with Crippen molar-refractivity contribution in [2.45, 2.75) is 43.9 Å². The van der Waals surface area contributed by atoms with Gasteiger partial charge in [0.15, 0.2) is 0 Å². The number of fused-ring (bicyclic) bond motifs is 2. The highest BCUT2D eigenvalue weighted by Crippen LogP contribution is 2.42. The van der Waals surface area contributed by atoms with E-state index in [0.717, 1.165) is 36.9 Å². The van der Waals surface area contributed by atoms with Crippen LogP contribution in [0.3, 0.4) is 0 Å². The van der Waals surface area contributed by atoms with E-state index in [4.69, 9.17) is 4.74 Å². The zero-order valence-electron chi connectivity index (χ0n) is 13.5. The molecule has 4 bridgehead atoms. The Hall–Kier alpha value is -1.98. The highest BCUT2D eigenvalue weighted by atomic mass is 16.5. The molecule has 124 valence electrons. The third kappa shape index (κ3) is 2.15. The minimum absolute atomic E-state index is 0.0217. The lowest BCUT2D eigenvalue weighted by Gasteiger charge is -2.54. The molecule has 24 heavy (non-hydrogen) atoms. The van der Waals surface area contributed by atoms with Crippen molar-refractivity contribution in [1.82, 2.24) is 4.90 Å². The fourth-order valence-electron chi connectivity index (χ4n) is 4.96. The summed E-state index contributed by atoms with van der Waals surface area (Å²) in [7, 11) is 0. The summed E-state index contributed by atoms with van der Waals surface area (Å²) in [5.41, 5.74) is 2.71. The molecule has 1 aromatic rings. The van der Waals surface area contributed by atoms with E-state index < -0.39 is 0 Å². The molecule has 5 nitrogen and oxygen atoms in total. The van der Waals surface area contributed by atoms with Crippen molar-refractivity contribution in [3.8, 4) is 0 Å². The van der Waals surface area contributed by atoms with Crippen LogP contribution in [-0.4, -0.2) is 41.4 Å². The van der Waals surface area contributed by atoms with Crippen molar-refractivity contribution in [2.24, 2.45) is 5.92 Å². The van der Waals surface area contributed by atoms with E-state index >= 15 is 0 Å². The molecule has 0 aromatic heterocycles. The smallest absolute Gasteiger partial charge is 0.344 e. The second-order valence-electron chi connectivity index (χ2n) is 7.45. The van der Waals surface area contributed by atoms with Gasteiger partial charge in [0.25, 0.3) is 0 Å². The minimum atomic E-state index is -0.211. The van der Waals surface area contributed by atoms with Gasteiger partial charge in [0.05, 0.1) is 12.1 Å². The summed E-state index contributed by atoms with van der Waals surface area (Å²) in [6, 6.07) is 8.73. The second-order valence-corrected chi connectivity index (χ2v) is 7.45. The second kappa shape index (κ2) is 5.26. The van der Waals surface area contributed by atoms with E-state index in [1.807, 2.05) is 35.8 Å². The predicted octanol–water partition coefficient (Wildman–Crippen LogP) is 0.974. The van der Waals surface area contributed by atoms with Crippen LogP contribution in [-0.2, 0) is 14.3 Å². The van der Waals surface area contributed by atoms with Gasteiger partial charge in [0.2, 0.25) is 0 Å². The highest BCUT2D eigenvalue weighted by molar-refractivity contribution is 6.18. The molecule has 4 saturated heterocycles. The predicted molar refractivity (Wildman–Crippen MR) is 87.1 cm³/mol. The largest absolute Gasteiger partial charge is 0.458 e. The van der Waals surface area contributed by atoms with Crippen molar-refractivity contribution < 1.29 is 19.6 Å². The first-order valence-corrected chi connectivity index (χ1v) is 8.83. The van der Waals surface area contributed by atoms with Gasteiger partial charge >= 0.3 is 5.97 Å². The number of piperidine rings is 4. The van der Waals surface area contributed by atoms with Crippen LogP contribution < -0.4 is 5.32 Å². The number of hydrogen-bond acceptors (Lipinski definition) is 4. The van der Waals surface area contributed by atoms with Crippen molar-refractivity contribution in [3.05, 3.63) is 36.0 Å². The zero-order chi connectivity index (χ0) is 16.3. The number of ether oxygens (including phenoxy) is 1. The number of ketones is 1. The normalized spacial score (nSPS) is 36.2. The standard InChI is InChI=1S/C19H20N2O3/c22-18-10-21-12-5-11(18)6-13(21)8-14(7-12)24-19(23)16-9-20-17-4-2-1-3-15(16)17/h1-4,9,11-14,20H,5-8,10H2/p+1/t11?,12-,13?,14?/m1/s1. The van der Waals surface area contributed by atoms with Crippen LogP contribution in [0.5, 0.6) is 0 Å². The number of carbonyl (C=O) groups is 2. The number of para-hydroxylation sites is 1. The SMILES string of the molecule is O=C(OC1CC2CC3C[C@H](C1)N2CC3=O)C1=C[NH2+]c2ccccc21. The van der Waals surface area contributed by atoms with Crippen LogP contribution >= 0.6 is 0 Å². The summed E-state index contributed by atoms with van der Waals surface area (Å²) in [6.07, 6.45) is 5.47. The Labute approximate surface area is 140 Å². The monoisotopic (exact) mass is 325 g/mol. The summed E-state index contributed by atoms with van der Waals surface area (Å²) in [5.74, 6) is 0.444. The van der Waals surface area contributed by atoms with Crippen LogP contribution in [0.1, 0.15) is 31.2 Å². The molecule has 0 radical (unpaired) electrons. The molecule has 4 unspecified atom stereocenters. The van der Waals surface area contributed by atoms with E-state index in [9.17, 15) is 9.59 Å². The average molecular weight is 325 g/mol. The number of esters is 1. The molecule has 1 aromatic carbocycles. The lowest BCUT2D eigenvalue weighted by molar-refractivity contribution is -0.491. The number of quaternary nitrogens is 1. The zero-order valence-corrected chi connectivity index (χ0v) is 13.5. The fourth-order valence-corrected chi connectivity index (χ4v) is 4.96. The van der Waals surface area contributed by atoms with E-state index in [-0.39, 0.29) is 18.0 Å². The first-order chi connectivity index (χ1) is 11.7.